The largest absolute Gasteiger partial charge is 0.494 e. The summed E-state index contributed by atoms with van der Waals surface area (Å²) >= 11 is 0. The summed E-state index contributed by atoms with van der Waals surface area (Å²) in [4.78, 5) is 23.8. The number of hydrogen-bond donors (Lipinski definition) is 4. The van der Waals surface area contributed by atoms with Gasteiger partial charge in [0.2, 0.25) is 0 Å². The molecule has 0 aromatic heterocycles. The van der Waals surface area contributed by atoms with Crippen LogP contribution in [0.2, 0.25) is 0 Å². The SMILES string of the molecule is CCOc1cccc(-c2ccc(C(=O)N[C@H](C(=O)NO)[C@@H](C)O)cc2)c1. The molecular formula is C19H22N2O5. The predicted octanol–water partition coefficient (Wildman–Crippen LogP) is 1.74. The van der Waals surface area contributed by atoms with E-state index in [4.69, 9.17) is 9.94 Å². The molecule has 4 N–H and O–H groups in total. The fourth-order valence-corrected chi connectivity index (χ4v) is 2.45. The molecule has 0 spiro atoms. The van der Waals surface area contributed by atoms with Crippen LogP contribution >= 0.6 is 0 Å². The lowest BCUT2D eigenvalue weighted by molar-refractivity contribution is -0.133. The van der Waals surface area contributed by atoms with Gasteiger partial charge in [-0.3, -0.25) is 14.8 Å². The average molecular weight is 358 g/mol. The van der Waals surface area contributed by atoms with E-state index in [0.29, 0.717) is 12.2 Å². The maximum atomic E-state index is 12.3. The third kappa shape index (κ3) is 4.81. The first-order valence-electron chi connectivity index (χ1n) is 8.22. The smallest absolute Gasteiger partial charge is 0.268 e. The molecular weight excluding hydrogens is 336 g/mol. The molecule has 0 radical (unpaired) electrons. The van der Waals surface area contributed by atoms with Gasteiger partial charge in [0, 0.05) is 5.56 Å². The second-order valence-corrected chi connectivity index (χ2v) is 5.71. The maximum absolute atomic E-state index is 12.3. The van der Waals surface area contributed by atoms with Crippen molar-refractivity contribution in [3.63, 3.8) is 0 Å². The Morgan fingerprint density at radius 3 is 2.38 bits per heavy atom. The van der Waals surface area contributed by atoms with Gasteiger partial charge in [-0.25, -0.2) is 5.48 Å². The van der Waals surface area contributed by atoms with Crippen LogP contribution in [-0.2, 0) is 4.79 Å². The number of hydrogen-bond acceptors (Lipinski definition) is 5. The summed E-state index contributed by atoms with van der Waals surface area (Å²) < 4.78 is 5.48. The highest BCUT2D eigenvalue weighted by Crippen LogP contribution is 2.24. The summed E-state index contributed by atoms with van der Waals surface area (Å²) in [5, 5.41) is 20.6. The van der Waals surface area contributed by atoms with Crippen molar-refractivity contribution in [2.24, 2.45) is 0 Å². The number of ether oxygens (including phenoxy) is 1. The molecule has 2 amide bonds. The van der Waals surface area contributed by atoms with Crippen LogP contribution in [0.3, 0.4) is 0 Å². The minimum atomic E-state index is -1.25. The Kier molecular flexibility index (Phi) is 6.71. The summed E-state index contributed by atoms with van der Waals surface area (Å²) in [5.74, 6) is -0.659. The van der Waals surface area contributed by atoms with Crippen LogP contribution in [0.4, 0.5) is 0 Å². The molecule has 2 atom stereocenters. The molecule has 0 aliphatic heterocycles. The van der Waals surface area contributed by atoms with E-state index >= 15 is 0 Å². The lowest BCUT2D eigenvalue weighted by Crippen LogP contribution is -2.51. The molecule has 2 aromatic carbocycles. The number of nitrogens with one attached hydrogen (secondary N) is 2. The van der Waals surface area contributed by atoms with Crippen molar-refractivity contribution in [2.75, 3.05) is 6.61 Å². The normalized spacial score (nSPS) is 12.8. The Balaban J connectivity index is 2.14. The fraction of sp³-hybridized carbons (Fsp3) is 0.263. The molecule has 7 heteroatoms. The van der Waals surface area contributed by atoms with E-state index < -0.39 is 24.0 Å². The van der Waals surface area contributed by atoms with Gasteiger partial charge in [-0.2, -0.15) is 0 Å². The van der Waals surface area contributed by atoms with Gasteiger partial charge in [0.15, 0.2) is 0 Å². The first-order chi connectivity index (χ1) is 12.5. The molecule has 0 bridgehead atoms. The number of aliphatic hydroxyl groups excluding tert-OH is 1. The summed E-state index contributed by atoms with van der Waals surface area (Å²) in [7, 11) is 0. The zero-order valence-electron chi connectivity index (χ0n) is 14.6. The second kappa shape index (κ2) is 8.98. The monoisotopic (exact) mass is 358 g/mol. The predicted molar refractivity (Wildman–Crippen MR) is 95.9 cm³/mol. The van der Waals surface area contributed by atoms with E-state index in [2.05, 4.69) is 5.32 Å². The molecule has 0 heterocycles. The van der Waals surface area contributed by atoms with Gasteiger partial charge in [-0.1, -0.05) is 24.3 Å². The van der Waals surface area contributed by atoms with Gasteiger partial charge in [0.1, 0.15) is 11.8 Å². The van der Waals surface area contributed by atoms with Crippen molar-refractivity contribution in [1.29, 1.82) is 0 Å². The number of hydroxylamine groups is 1. The molecule has 2 aromatic rings. The molecule has 7 nitrogen and oxygen atoms in total. The van der Waals surface area contributed by atoms with Crippen LogP contribution in [0.25, 0.3) is 11.1 Å². The van der Waals surface area contributed by atoms with E-state index in [1.807, 2.05) is 31.2 Å². The Morgan fingerprint density at radius 1 is 1.12 bits per heavy atom. The van der Waals surface area contributed by atoms with Crippen LogP contribution in [-0.4, -0.2) is 40.9 Å². The van der Waals surface area contributed by atoms with E-state index in [1.165, 1.54) is 12.4 Å². The highest BCUT2D eigenvalue weighted by molar-refractivity contribution is 5.97. The van der Waals surface area contributed by atoms with E-state index in [1.54, 1.807) is 24.3 Å². The Labute approximate surface area is 151 Å². The first-order valence-corrected chi connectivity index (χ1v) is 8.22. The second-order valence-electron chi connectivity index (χ2n) is 5.71. The third-order valence-corrected chi connectivity index (χ3v) is 3.79. The van der Waals surface area contributed by atoms with Crippen LogP contribution in [0.5, 0.6) is 5.75 Å². The molecule has 26 heavy (non-hydrogen) atoms. The number of aliphatic hydroxyl groups is 1. The molecule has 0 aliphatic carbocycles. The summed E-state index contributed by atoms with van der Waals surface area (Å²) in [5.41, 5.74) is 3.60. The molecule has 2 rings (SSSR count). The van der Waals surface area contributed by atoms with E-state index in [0.717, 1.165) is 16.9 Å². The molecule has 0 unspecified atom stereocenters. The standard InChI is InChI=1S/C19H22N2O5/c1-3-26-16-6-4-5-15(11-16)13-7-9-14(10-8-13)18(23)20-17(12(2)22)19(24)21-25/h4-12,17,22,25H,3H2,1-2H3,(H,20,23)(H,21,24)/t12-,17+/m1/s1. The number of amides is 2. The van der Waals surface area contributed by atoms with Crippen molar-refractivity contribution in [2.45, 2.75) is 26.0 Å². The van der Waals surface area contributed by atoms with Crippen molar-refractivity contribution in [3.05, 3.63) is 54.1 Å². The van der Waals surface area contributed by atoms with Gasteiger partial charge in [-0.05, 0) is 49.2 Å². The fourth-order valence-electron chi connectivity index (χ4n) is 2.45. The van der Waals surface area contributed by atoms with Crippen LogP contribution in [0, 0.1) is 0 Å². The highest BCUT2D eigenvalue weighted by Gasteiger charge is 2.25. The molecule has 138 valence electrons. The van der Waals surface area contributed by atoms with Crippen LogP contribution in [0.1, 0.15) is 24.2 Å². The third-order valence-electron chi connectivity index (χ3n) is 3.79. The van der Waals surface area contributed by atoms with Gasteiger partial charge in [-0.15, -0.1) is 0 Å². The van der Waals surface area contributed by atoms with Gasteiger partial charge in [0.05, 0.1) is 12.7 Å². The number of benzene rings is 2. The molecule has 0 aliphatic rings. The molecule has 0 fully saturated rings. The van der Waals surface area contributed by atoms with E-state index in [-0.39, 0.29) is 0 Å². The van der Waals surface area contributed by atoms with Crippen LogP contribution in [0.15, 0.2) is 48.5 Å². The lowest BCUT2D eigenvalue weighted by Gasteiger charge is -2.19. The molecule has 0 saturated carbocycles. The summed E-state index contributed by atoms with van der Waals surface area (Å²) in [6.45, 7) is 3.83. The summed E-state index contributed by atoms with van der Waals surface area (Å²) in [6.07, 6.45) is -1.16. The van der Waals surface area contributed by atoms with Crippen LogP contribution < -0.4 is 15.5 Å². The lowest BCUT2D eigenvalue weighted by atomic mass is 10.0. The topological polar surface area (TPSA) is 108 Å². The Hall–Kier alpha value is -2.90. The zero-order chi connectivity index (χ0) is 19.1. The van der Waals surface area contributed by atoms with Gasteiger partial charge in [0.25, 0.3) is 11.8 Å². The maximum Gasteiger partial charge on any atom is 0.268 e. The summed E-state index contributed by atoms with van der Waals surface area (Å²) in [6, 6.07) is 13.2. The average Bonchev–Trinajstić information content (AvgIpc) is 2.65. The van der Waals surface area contributed by atoms with Gasteiger partial charge >= 0.3 is 0 Å². The van der Waals surface area contributed by atoms with Crippen molar-refractivity contribution in [1.82, 2.24) is 10.8 Å². The number of carbonyl (C=O) groups is 2. The van der Waals surface area contributed by atoms with Crippen molar-refractivity contribution < 1.29 is 24.6 Å². The van der Waals surface area contributed by atoms with E-state index in [9.17, 15) is 14.7 Å². The van der Waals surface area contributed by atoms with Gasteiger partial charge < -0.3 is 15.2 Å². The quantitative estimate of drug-likeness (QED) is 0.445. The highest BCUT2D eigenvalue weighted by atomic mass is 16.5. The first kappa shape index (κ1) is 19.4. The minimum Gasteiger partial charge on any atom is -0.494 e. The Bertz CT molecular complexity index is 759. The number of carbonyl (C=O) groups excluding carboxylic acids is 2. The van der Waals surface area contributed by atoms with Crippen molar-refractivity contribution >= 4 is 11.8 Å². The Morgan fingerprint density at radius 2 is 1.81 bits per heavy atom. The number of rotatable bonds is 7. The van der Waals surface area contributed by atoms with Crippen molar-refractivity contribution in [3.8, 4) is 16.9 Å². The zero-order valence-corrected chi connectivity index (χ0v) is 14.6. The minimum absolute atomic E-state index is 0.325. The molecule has 0 saturated heterocycles.